The second-order valence-corrected chi connectivity index (χ2v) is 5.78. The second kappa shape index (κ2) is 6.29. The Morgan fingerprint density at radius 3 is 2.12 bits per heavy atom. The third-order valence-corrected chi connectivity index (χ3v) is 4.86. The first kappa shape index (κ1) is 13.6. The fourth-order valence-corrected chi connectivity index (χ4v) is 2.09. The van der Waals surface area contributed by atoms with Gasteiger partial charge in [-0.1, -0.05) is 48.8 Å². The van der Waals surface area contributed by atoms with Crippen LogP contribution >= 0.6 is 15.9 Å². The van der Waals surface area contributed by atoms with E-state index in [-0.39, 0.29) is 0 Å². The molecule has 0 bridgehead atoms. The van der Waals surface area contributed by atoms with Crippen LogP contribution in [0, 0.1) is 11.8 Å². The quantitative estimate of drug-likeness (QED) is 0.733. The summed E-state index contributed by atoms with van der Waals surface area (Å²) in [5.74, 6) is 2.25. The maximum absolute atomic E-state index is 5.15. The van der Waals surface area contributed by atoms with Crippen molar-refractivity contribution in [1.82, 2.24) is 0 Å². The summed E-state index contributed by atoms with van der Waals surface area (Å²) in [6, 6.07) is 8.35. The first-order valence-electron chi connectivity index (χ1n) is 5.81. The van der Waals surface area contributed by atoms with E-state index in [1.165, 1.54) is 5.56 Å². The topological polar surface area (TPSA) is 9.23 Å². The summed E-state index contributed by atoms with van der Waals surface area (Å²) in [6.45, 7) is 6.80. The number of hydrogen-bond acceptors (Lipinski definition) is 1. The molecule has 2 atom stereocenters. The van der Waals surface area contributed by atoms with Crippen molar-refractivity contribution >= 4 is 15.9 Å². The minimum atomic E-state index is 0.578. The van der Waals surface area contributed by atoms with Crippen molar-refractivity contribution in [2.45, 2.75) is 32.0 Å². The van der Waals surface area contributed by atoms with E-state index in [0.717, 1.165) is 12.2 Å². The molecule has 0 saturated heterocycles. The van der Waals surface area contributed by atoms with Gasteiger partial charge in [-0.3, -0.25) is 0 Å². The van der Waals surface area contributed by atoms with Gasteiger partial charge in [-0.05, 0) is 36.0 Å². The van der Waals surface area contributed by atoms with E-state index >= 15 is 0 Å². The predicted molar refractivity (Wildman–Crippen MR) is 73.4 cm³/mol. The lowest BCUT2D eigenvalue weighted by molar-refractivity contribution is 0.414. The van der Waals surface area contributed by atoms with Crippen LogP contribution in [0.15, 0.2) is 24.3 Å². The van der Waals surface area contributed by atoms with Crippen molar-refractivity contribution in [1.29, 1.82) is 0 Å². The van der Waals surface area contributed by atoms with Crippen LogP contribution in [0.2, 0.25) is 0 Å². The van der Waals surface area contributed by atoms with Gasteiger partial charge >= 0.3 is 0 Å². The molecule has 0 N–H and O–H groups in total. The Kier molecular flexibility index (Phi) is 5.33. The molecule has 0 amide bonds. The Morgan fingerprint density at radius 1 is 1.12 bits per heavy atom. The summed E-state index contributed by atoms with van der Waals surface area (Å²) in [5, 5.41) is 0. The lowest BCUT2D eigenvalue weighted by Gasteiger charge is -2.21. The summed E-state index contributed by atoms with van der Waals surface area (Å²) in [4.78, 5) is 0.578. The van der Waals surface area contributed by atoms with E-state index in [1.54, 1.807) is 7.11 Å². The number of ether oxygens (including phenoxy) is 1. The maximum Gasteiger partial charge on any atom is 0.118 e. The highest BCUT2D eigenvalue weighted by Crippen LogP contribution is 2.25. The molecular formula is C14H21BrO. The average molecular weight is 285 g/mol. The summed E-state index contributed by atoms with van der Waals surface area (Å²) < 4.78 is 5.15. The minimum absolute atomic E-state index is 0.578. The second-order valence-electron chi connectivity index (χ2n) is 4.72. The van der Waals surface area contributed by atoms with Gasteiger partial charge in [0.25, 0.3) is 0 Å². The van der Waals surface area contributed by atoms with Crippen LogP contribution in [0.5, 0.6) is 5.75 Å². The van der Waals surface area contributed by atoms with Crippen molar-refractivity contribution in [2.75, 3.05) is 7.11 Å². The van der Waals surface area contributed by atoms with Crippen molar-refractivity contribution in [3.05, 3.63) is 29.8 Å². The number of rotatable bonds is 5. The lowest BCUT2D eigenvalue weighted by Crippen LogP contribution is -2.19. The normalized spacial score (nSPS) is 14.9. The van der Waals surface area contributed by atoms with Gasteiger partial charge in [0, 0.05) is 4.83 Å². The van der Waals surface area contributed by atoms with Gasteiger partial charge in [0.1, 0.15) is 5.75 Å². The van der Waals surface area contributed by atoms with Crippen LogP contribution < -0.4 is 4.74 Å². The molecule has 0 saturated carbocycles. The molecule has 0 heterocycles. The van der Waals surface area contributed by atoms with E-state index in [9.17, 15) is 0 Å². The molecule has 90 valence electrons. The number of hydrogen-bond donors (Lipinski definition) is 0. The molecule has 0 fully saturated rings. The summed E-state index contributed by atoms with van der Waals surface area (Å²) >= 11 is 3.77. The molecule has 0 aliphatic heterocycles. The van der Waals surface area contributed by atoms with Gasteiger partial charge < -0.3 is 4.74 Å². The van der Waals surface area contributed by atoms with Gasteiger partial charge in [-0.15, -0.1) is 0 Å². The van der Waals surface area contributed by atoms with Crippen LogP contribution in [-0.4, -0.2) is 11.9 Å². The molecule has 2 heteroatoms. The first-order valence-corrected chi connectivity index (χ1v) is 6.73. The molecule has 0 aliphatic carbocycles. The molecule has 0 radical (unpaired) electrons. The highest BCUT2D eigenvalue weighted by molar-refractivity contribution is 9.09. The monoisotopic (exact) mass is 284 g/mol. The standard InChI is InChI=1S/C14H21BrO/c1-10(2)14(15)11(3)9-12-5-7-13(16-4)8-6-12/h5-8,10-11,14H,9H2,1-4H3. The fraction of sp³-hybridized carbons (Fsp3) is 0.571. The Balaban J connectivity index is 2.59. The van der Waals surface area contributed by atoms with Crippen molar-refractivity contribution < 1.29 is 4.74 Å². The fourth-order valence-electron chi connectivity index (χ4n) is 1.90. The predicted octanol–water partition coefficient (Wildman–Crippen LogP) is 4.29. The number of benzene rings is 1. The Morgan fingerprint density at radius 2 is 1.69 bits per heavy atom. The Hall–Kier alpha value is -0.500. The maximum atomic E-state index is 5.15. The van der Waals surface area contributed by atoms with E-state index < -0.39 is 0 Å². The zero-order chi connectivity index (χ0) is 12.1. The molecule has 16 heavy (non-hydrogen) atoms. The molecule has 1 aromatic carbocycles. The first-order chi connectivity index (χ1) is 7.54. The van der Waals surface area contributed by atoms with Crippen molar-refractivity contribution in [2.24, 2.45) is 11.8 Å². The third-order valence-electron chi connectivity index (χ3n) is 2.90. The highest BCUT2D eigenvalue weighted by Gasteiger charge is 2.17. The van der Waals surface area contributed by atoms with Crippen LogP contribution in [0.3, 0.4) is 0 Å². The molecule has 2 unspecified atom stereocenters. The smallest absolute Gasteiger partial charge is 0.118 e. The number of methoxy groups -OCH3 is 1. The van der Waals surface area contributed by atoms with Crippen LogP contribution in [-0.2, 0) is 6.42 Å². The van der Waals surface area contributed by atoms with Gasteiger partial charge in [0.15, 0.2) is 0 Å². The average Bonchev–Trinajstić information content (AvgIpc) is 2.28. The van der Waals surface area contributed by atoms with Crippen LogP contribution in [0.4, 0.5) is 0 Å². The summed E-state index contributed by atoms with van der Waals surface area (Å²) in [5.41, 5.74) is 1.37. The van der Waals surface area contributed by atoms with Gasteiger partial charge in [-0.25, -0.2) is 0 Å². The molecule has 1 aromatic rings. The zero-order valence-electron chi connectivity index (χ0n) is 10.5. The van der Waals surface area contributed by atoms with Crippen molar-refractivity contribution in [3.63, 3.8) is 0 Å². The van der Waals surface area contributed by atoms with Gasteiger partial charge in [-0.2, -0.15) is 0 Å². The molecule has 1 rings (SSSR count). The lowest BCUT2D eigenvalue weighted by atomic mass is 9.92. The summed E-state index contributed by atoms with van der Waals surface area (Å²) in [6.07, 6.45) is 1.11. The van der Waals surface area contributed by atoms with E-state index in [2.05, 4.69) is 48.8 Å². The van der Waals surface area contributed by atoms with Gasteiger partial charge in [0.2, 0.25) is 0 Å². The minimum Gasteiger partial charge on any atom is -0.497 e. The molecule has 0 aliphatic rings. The molecule has 0 spiro atoms. The molecule has 0 aromatic heterocycles. The number of alkyl halides is 1. The molecule has 1 nitrogen and oxygen atoms in total. The highest BCUT2D eigenvalue weighted by atomic mass is 79.9. The number of halogens is 1. The Bertz CT molecular complexity index is 305. The van der Waals surface area contributed by atoms with Crippen LogP contribution in [0.1, 0.15) is 26.3 Å². The van der Waals surface area contributed by atoms with E-state index in [0.29, 0.717) is 16.7 Å². The SMILES string of the molecule is COc1ccc(CC(C)C(Br)C(C)C)cc1. The van der Waals surface area contributed by atoms with E-state index in [4.69, 9.17) is 4.74 Å². The van der Waals surface area contributed by atoms with Gasteiger partial charge in [0.05, 0.1) is 7.11 Å². The van der Waals surface area contributed by atoms with Crippen LogP contribution in [0.25, 0.3) is 0 Å². The summed E-state index contributed by atoms with van der Waals surface area (Å²) in [7, 11) is 1.70. The zero-order valence-corrected chi connectivity index (χ0v) is 12.1. The molecular weight excluding hydrogens is 264 g/mol. The van der Waals surface area contributed by atoms with Crippen molar-refractivity contribution in [3.8, 4) is 5.75 Å². The Labute approximate surface area is 107 Å². The van der Waals surface area contributed by atoms with E-state index in [1.807, 2.05) is 12.1 Å². The largest absolute Gasteiger partial charge is 0.497 e. The third kappa shape index (κ3) is 3.82.